The van der Waals surface area contributed by atoms with Gasteiger partial charge in [-0.25, -0.2) is 9.98 Å². The smallest absolute Gasteiger partial charge is 0.191 e. The molecule has 0 amide bonds. The number of thiophene rings is 1. The van der Waals surface area contributed by atoms with Crippen molar-refractivity contribution in [1.82, 2.24) is 25.4 Å². The Morgan fingerprint density at radius 2 is 2.32 bits per heavy atom. The summed E-state index contributed by atoms with van der Waals surface area (Å²) >= 11 is 1.81. The van der Waals surface area contributed by atoms with E-state index < -0.39 is 0 Å². The molecule has 0 aliphatic carbocycles. The molecule has 0 saturated heterocycles. The minimum Gasteiger partial charge on any atom is -0.357 e. The number of nitrogens with zero attached hydrogens (tertiary/aromatic N) is 4. The molecule has 0 fully saturated rings. The highest BCUT2D eigenvalue weighted by Gasteiger charge is 2.06. The SMILES string of the molecule is CCNC(=NCc1ncnn1C)NCC(C)Cc1cccs1. The Bertz CT molecular complexity index is 575. The first-order valence-electron chi connectivity index (χ1n) is 7.56. The van der Waals surface area contributed by atoms with E-state index in [0.29, 0.717) is 12.5 Å². The monoisotopic (exact) mass is 320 g/mol. The van der Waals surface area contributed by atoms with Crippen LogP contribution in [0, 0.1) is 5.92 Å². The Morgan fingerprint density at radius 3 is 2.95 bits per heavy atom. The van der Waals surface area contributed by atoms with Gasteiger partial charge in [0, 0.05) is 25.0 Å². The summed E-state index contributed by atoms with van der Waals surface area (Å²) in [4.78, 5) is 10.2. The molecule has 7 heteroatoms. The second-order valence-corrected chi connectivity index (χ2v) is 6.30. The second-order valence-electron chi connectivity index (χ2n) is 5.26. The van der Waals surface area contributed by atoms with Crippen LogP contribution >= 0.6 is 11.3 Å². The summed E-state index contributed by atoms with van der Waals surface area (Å²) in [5.74, 6) is 2.23. The minimum absolute atomic E-state index is 0.519. The lowest BCUT2D eigenvalue weighted by Crippen LogP contribution is -2.39. The van der Waals surface area contributed by atoms with Gasteiger partial charge in [0.15, 0.2) is 5.96 Å². The average Bonchev–Trinajstić information content (AvgIpc) is 3.14. The fourth-order valence-corrected chi connectivity index (χ4v) is 2.94. The third-order valence-corrected chi connectivity index (χ3v) is 4.17. The molecule has 0 spiro atoms. The van der Waals surface area contributed by atoms with E-state index in [1.807, 2.05) is 18.4 Å². The molecule has 6 nitrogen and oxygen atoms in total. The number of aromatic nitrogens is 3. The molecule has 0 radical (unpaired) electrons. The molecule has 0 saturated carbocycles. The Labute approximate surface area is 135 Å². The number of hydrogen-bond donors (Lipinski definition) is 2. The van der Waals surface area contributed by atoms with Gasteiger partial charge in [0.2, 0.25) is 0 Å². The molecule has 1 unspecified atom stereocenters. The molecule has 0 bridgehead atoms. The lowest BCUT2D eigenvalue weighted by atomic mass is 10.1. The van der Waals surface area contributed by atoms with E-state index in [0.717, 1.165) is 31.3 Å². The van der Waals surface area contributed by atoms with Gasteiger partial charge in [-0.2, -0.15) is 5.10 Å². The van der Waals surface area contributed by atoms with Crippen molar-refractivity contribution in [3.05, 3.63) is 34.5 Å². The zero-order valence-corrected chi connectivity index (χ0v) is 14.2. The van der Waals surface area contributed by atoms with Crippen molar-refractivity contribution in [2.45, 2.75) is 26.8 Å². The number of rotatable bonds is 7. The van der Waals surface area contributed by atoms with Crippen LogP contribution in [0.5, 0.6) is 0 Å². The average molecular weight is 320 g/mol. The van der Waals surface area contributed by atoms with E-state index in [2.05, 4.69) is 57.1 Å². The van der Waals surface area contributed by atoms with Gasteiger partial charge in [-0.3, -0.25) is 4.68 Å². The van der Waals surface area contributed by atoms with Gasteiger partial charge in [0.1, 0.15) is 18.7 Å². The third kappa shape index (κ3) is 5.14. The molecule has 0 aliphatic heterocycles. The number of aryl methyl sites for hydroxylation is 1. The fraction of sp³-hybridized carbons (Fsp3) is 0.533. The predicted molar refractivity (Wildman–Crippen MR) is 91.0 cm³/mol. The number of nitrogens with one attached hydrogen (secondary N) is 2. The van der Waals surface area contributed by atoms with Crippen molar-refractivity contribution in [1.29, 1.82) is 0 Å². The van der Waals surface area contributed by atoms with Crippen molar-refractivity contribution < 1.29 is 0 Å². The van der Waals surface area contributed by atoms with Crippen LogP contribution in [0.2, 0.25) is 0 Å². The van der Waals surface area contributed by atoms with E-state index >= 15 is 0 Å². The maximum absolute atomic E-state index is 4.56. The number of hydrogen-bond acceptors (Lipinski definition) is 4. The molecule has 2 N–H and O–H groups in total. The molecule has 2 heterocycles. The Morgan fingerprint density at radius 1 is 1.45 bits per heavy atom. The standard InChI is InChI=1S/C15H24N6S/c1-4-16-15(18-10-14-19-11-20-21(14)3)17-9-12(2)8-13-6-5-7-22-13/h5-7,11-12H,4,8-10H2,1-3H3,(H2,16,17,18). The molecule has 1 atom stereocenters. The van der Waals surface area contributed by atoms with Gasteiger partial charge >= 0.3 is 0 Å². The zero-order chi connectivity index (χ0) is 15.8. The molecule has 2 rings (SSSR count). The lowest BCUT2D eigenvalue weighted by Gasteiger charge is -2.15. The number of aliphatic imine (C=N–C) groups is 1. The normalized spacial score (nSPS) is 13.1. The summed E-state index contributed by atoms with van der Waals surface area (Å²) in [6.07, 6.45) is 2.64. The van der Waals surface area contributed by atoms with Gasteiger partial charge in [0.25, 0.3) is 0 Å². The van der Waals surface area contributed by atoms with Crippen LogP contribution in [-0.4, -0.2) is 33.8 Å². The third-order valence-electron chi connectivity index (χ3n) is 3.28. The molecule has 120 valence electrons. The molecule has 2 aromatic rings. The maximum Gasteiger partial charge on any atom is 0.191 e. The molecular formula is C15H24N6S. The highest BCUT2D eigenvalue weighted by Crippen LogP contribution is 2.13. The highest BCUT2D eigenvalue weighted by molar-refractivity contribution is 7.09. The Kier molecular flexibility index (Phi) is 6.39. The van der Waals surface area contributed by atoms with E-state index in [9.17, 15) is 0 Å². The van der Waals surface area contributed by atoms with Crippen molar-refractivity contribution in [3.63, 3.8) is 0 Å². The van der Waals surface area contributed by atoms with Crippen LogP contribution in [0.25, 0.3) is 0 Å². The first-order valence-corrected chi connectivity index (χ1v) is 8.44. The maximum atomic E-state index is 4.56. The Hall–Kier alpha value is -1.89. The lowest BCUT2D eigenvalue weighted by molar-refractivity contribution is 0.561. The summed E-state index contributed by atoms with van der Waals surface area (Å²) in [7, 11) is 1.88. The van der Waals surface area contributed by atoms with Crippen LogP contribution in [0.4, 0.5) is 0 Å². The van der Waals surface area contributed by atoms with Crippen LogP contribution in [-0.2, 0) is 20.0 Å². The van der Waals surface area contributed by atoms with Gasteiger partial charge in [-0.05, 0) is 30.7 Å². The van der Waals surface area contributed by atoms with Crippen molar-refractivity contribution in [3.8, 4) is 0 Å². The van der Waals surface area contributed by atoms with E-state index in [1.54, 1.807) is 11.0 Å². The van der Waals surface area contributed by atoms with Gasteiger partial charge in [0.05, 0.1) is 0 Å². The summed E-state index contributed by atoms with van der Waals surface area (Å²) in [6.45, 7) is 6.56. The largest absolute Gasteiger partial charge is 0.357 e. The molecular weight excluding hydrogens is 296 g/mol. The van der Waals surface area contributed by atoms with Crippen molar-refractivity contribution in [2.75, 3.05) is 13.1 Å². The van der Waals surface area contributed by atoms with Gasteiger partial charge in [-0.15, -0.1) is 11.3 Å². The fourth-order valence-electron chi connectivity index (χ4n) is 2.07. The zero-order valence-electron chi connectivity index (χ0n) is 13.4. The summed E-state index contributed by atoms with van der Waals surface area (Å²) in [5.41, 5.74) is 0. The first-order chi connectivity index (χ1) is 10.7. The van der Waals surface area contributed by atoms with Crippen molar-refractivity contribution >= 4 is 17.3 Å². The van der Waals surface area contributed by atoms with Crippen LogP contribution < -0.4 is 10.6 Å². The van der Waals surface area contributed by atoms with E-state index in [-0.39, 0.29) is 0 Å². The molecule has 22 heavy (non-hydrogen) atoms. The number of guanidine groups is 1. The van der Waals surface area contributed by atoms with Crippen LogP contribution in [0.15, 0.2) is 28.8 Å². The molecule has 0 aromatic carbocycles. The summed E-state index contributed by atoms with van der Waals surface area (Å²) in [6, 6.07) is 4.29. The Balaban J connectivity index is 1.84. The summed E-state index contributed by atoms with van der Waals surface area (Å²) in [5, 5.41) is 12.8. The minimum atomic E-state index is 0.519. The van der Waals surface area contributed by atoms with E-state index in [4.69, 9.17) is 0 Å². The molecule has 0 aliphatic rings. The summed E-state index contributed by atoms with van der Waals surface area (Å²) < 4.78 is 1.74. The predicted octanol–water partition coefficient (Wildman–Crippen LogP) is 1.81. The topological polar surface area (TPSA) is 67.1 Å². The van der Waals surface area contributed by atoms with Crippen molar-refractivity contribution in [2.24, 2.45) is 18.0 Å². The highest BCUT2D eigenvalue weighted by atomic mass is 32.1. The van der Waals surface area contributed by atoms with Gasteiger partial charge in [-0.1, -0.05) is 13.0 Å². The van der Waals surface area contributed by atoms with Crippen LogP contribution in [0.1, 0.15) is 24.5 Å². The van der Waals surface area contributed by atoms with Gasteiger partial charge < -0.3 is 10.6 Å². The molecule has 2 aromatic heterocycles. The van der Waals surface area contributed by atoms with Crippen LogP contribution in [0.3, 0.4) is 0 Å². The first kappa shape index (κ1) is 16.5. The second kappa shape index (κ2) is 8.53. The quantitative estimate of drug-likeness (QED) is 0.603. The van der Waals surface area contributed by atoms with E-state index in [1.165, 1.54) is 4.88 Å².